The molecule has 2 aromatic rings. The highest BCUT2D eigenvalue weighted by Crippen LogP contribution is 2.47. The minimum Gasteiger partial charge on any atom is -0.396 e. The van der Waals surface area contributed by atoms with Crippen molar-refractivity contribution in [1.82, 2.24) is 4.90 Å². The highest BCUT2D eigenvalue weighted by Gasteiger charge is 2.59. The fourth-order valence-corrected chi connectivity index (χ4v) is 4.53. The van der Waals surface area contributed by atoms with Crippen molar-refractivity contribution in [2.24, 2.45) is 5.92 Å². The normalized spacial score (nSPS) is 23.0. The summed E-state index contributed by atoms with van der Waals surface area (Å²) in [5, 5.41) is 18.4. The first kappa shape index (κ1) is 22.7. The first-order valence-electron chi connectivity index (χ1n) is 10.2. The van der Waals surface area contributed by atoms with Gasteiger partial charge in [-0.3, -0.25) is 14.5 Å². The fourth-order valence-electron chi connectivity index (χ4n) is 4.53. The van der Waals surface area contributed by atoms with E-state index in [1.807, 2.05) is 0 Å². The number of nitrogens with zero attached hydrogens (tertiary/aromatic N) is 3. The van der Waals surface area contributed by atoms with Crippen LogP contribution >= 0.6 is 0 Å². The van der Waals surface area contributed by atoms with Gasteiger partial charge in [-0.1, -0.05) is 12.1 Å². The van der Waals surface area contributed by atoms with E-state index in [9.17, 15) is 32.3 Å². The summed E-state index contributed by atoms with van der Waals surface area (Å²) in [5.41, 5.74) is -1.81. The molecule has 172 valence electrons. The van der Waals surface area contributed by atoms with Crippen LogP contribution in [0.25, 0.3) is 0 Å². The topological polar surface area (TPSA) is 84.6 Å². The zero-order valence-electron chi connectivity index (χ0n) is 17.3. The molecule has 2 aliphatic rings. The van der Waals surface area contributed by atoms with Gasteiger partial charge in [0.1, 0.15) is 17.9 Å². The minimum atomic E-state index is -4.50. The van der Waals surface area contributed by atoms with Crippen LogP contribution in [-0.2, 0) is 22.3 Å². The molecule has 4 rings (SSSR count). The van der Waals surface area contributed by atoms with E-state index >= 15 is 0 Å². The lowest BCUT2D eigenvalue weighted by Gasteiger charge is -2.56. The van der Waals surface area contributed by atoms with Gasteiger partial charge in [-0.15, -0.1) is 0 Å². The number of nitriles is 1. The summed E-state index contributed by atoms with van der Waals surface area (Å²) < 4.78 is 53.2. The molecule has 2 fully saturated rings. The molecule has 0 aromatic heterocycles. The summed E-state index contributed by atoms with van der Waals surface area (Å²) in [4.78, 5) is 29.0. The number of carbonyl (C=O) groups is 2. The van der Waals surface area contributed by atoms with Gasteiger partial charge in [-0.25, -0.2) is 4.39 Å². The number of halogens is 4. The van der Waals surface area contributed by atoms with E-state index in [-0.39, 0.29) is 43.2 Å². The SMILES string of the molecule is N#Cc1ccc(N2CC(=O)N(Cc3ccc(C(F)(F)F)cc3)[C@]3(C[C@H](CO)C3)C2=O)c(F)c1. The van der Waals surface area contributed by atoms with Crippen molar-refractivity contribution in [1.29, 1.82) is 5.26 Å². The third kappa shape index (κ3) is 3.93. The number of aliphatic hydroxyl groups excluding tert-OH is 1. The Morgan fingerprint density at radius 3 is 2.33 bits per heavy atom. The first-order chi connectivity index (χ1) is 15.6. The van der Waals surface area contributed by atoms with Crippen molar-refractivity contribution in [3.63, 3.8) is 0 Å². The monoisotopic (exact) mass is 461 g/mol. The van der Waals surface area contributed by atoms with Gasteiger partial charge < -0.3 is 10.0 Å². The molecule has 2 amide bonds. The molecule has 1 saturated carbocycles. The number of rotatable bonds is 4. The number of amides is 2. The molecule has 2 aromatic carbocycles. The maximum Gasteiger partial charge on any atom is 0.416 e. The molecule has 0 radical (unpaired) electrons. The second-order valence-corrected chi connectivity index (χ2v) is 8.33. The number of hydrogen-bond donors (Lipinski definition) is 1. The predicted molar refractivity (Wildman–Crippen MR) is 108 cm³/mol. The minimum absolute atomic E-state index is 0.0645. The van der Waals surface area contributed by atoms with Crippen molar-refractivity contribution in [2.45, 2.75) is 31.1 Å². The highest BCUT2D eigenvalue weighted by molar-refractivity contribution is 6.09. The van der Waals surface area contributed by atoms with E-state index in [4.69, 9.17) is 5.26 Å². The van der Waals surface area contributed by atoms with Crippen molar-refractivity contribution in [2.75, 3.05) is 18.1 Å². The number of carbonyl (C=O) groups excluding carboxylic acids is 2. The maximum atomic E-state index is 14.6. The molecule has 33 heavy (non-hydrogen) atoms. The Balaban J connectivity index is 1.65. The number of hydrogen-bond acceptors (Lipinski definition) is 4. The van der Waals surface area contributed by atoms with Crippen LogP contribution in [0.15, 0.2) is 42.5 Å². The number of anilines is 1. The Bertz CT molecular complexity index is 1140. The van der Waals surface area contributed by atoms with Gasteiger partial charge in [0.05, 0.1) is 22.9 Å². The van der Waals surface area contributed by atoms with Gasteiger partial charge in [0.2, 0.25) is 5.91 Å². The third-order valence-electron chi connectivity index (χ3n) is 6.25. The molecule has 1 N–H and O–H groups in total. The number of aliphatic hydroxyl groups is 1. The number of benzene rings is 2. The van der Waals surface area contributed by atoms with Crippen molar-refractivity contribution in [3.05, 3.63) is 65.0 Å². The summed E-state index contributed by atoms with van der Waals surface area (Å²) in [5.74, 6) is -2.07. The molecule has 0 bridgehead atoms. The van der Waals surface area contributed by atoms with E-state index < -0.39 is 41.5 Å². The zero-order valence-corrected chi connectivity index (χ0v) is 17.3. The molecule has 1 saturated heterocycles. The van der Waals surface area contributed by atoms with Crippen LogP contribution in [-0.4, -0.2) is 40.5 Å². The summed E-state index contributed by atoms with van der Waals surface area (Å²) in [7, 11) is 0. The van der Waals surface area contributed by atoms with Crippen LogP contribution in [0.2, 0.25) is 0 Å². The van der Waals surface area contributed by atoms with Crippen LogP contribution in [0.4, 0.5) is 23.2 Å². The van der Waals surface area contributed by atoms with Gasteiger partial charge in [0.25, 0.3) is 5.91 Å². The third-order valence-corrected chi connectivity index (χ3v) is 6.25. The van der Waals surface area contributed by atoms with E-state index in [0.29, 0.717) is 5.56 Å². The second kappa shape index (κ2) is 8.15. The lowest BCUT2D eigenvalue weighted by molar-refractivity contribution is -0.163. The van der Waals surface area contributed by atoms with Gasteiger partial charge in [-0.2, -0.15) is 18.4 Å². The lowest BCUT2D eigenvalue weighted by atomic mass is 9.65. The molecular formula is C23H19F4N3O3. The number of alkyl halides is 3. The molecule has 1 aliphatic heterocycles. The first-order valence-corrected chi connectivity index (χ1v) is 10.2. The van der Waals surface area contributed by atoms with Crippen molar-refractivity contribution < 1.29 is 32.3 Å². The average molecular weight is 461 g/mol. The van der Waals surface area contributed by atoms with E-state index in [1.54, 1.807) is 6.07 Å². The number of piperazine rings is 1. The molecule has 0 atom stereocenters. The van der Waals surface area contributed by atoms with Crippen LogP contribution in [0, 0.1) is 23.1 Å². The smallest absolute Gasteiger partial charge is 0.396 e. The molecule has 6 nitrogen and oxygen atoms in total. The van der Waals surface area contributed by atoms with E-state index in [0.717, 1.165) is 23.1 Å². The Kier molecular flexibility index (Phi) is 5.62. The van der Waals surface area contributed by atoms with Gasteiger partial charge in [0.15, 0.2) is 0 Å². The quantitative estimate of drug-likeness (QED) is 0.709. The van der Waals surface area contributed by atoms with Crippen molar-refractivity contribution >= 4 is 17.5 Å². The van der Waals surface area contributed by atoms with Crippen molar-refractivity contribution in [3.8, 4) is 6.07 Å². The summed E-state index contributed by atoms with van der Waals surface area (Å²) in [6.07, 6.45) is -4.18. The lowest BCUT2D eigenvalue weighted by Crippen LogP contribution is -2.73. The van der Waals surface area contributed by atoms with E-state index in [2.05, 4.69) is 0 Å². The fraction of sp³-hybridized carbons (Fsp3) is 0.348. The maximum absolute atomic E-state index is 14.6. The Labute approximate surface area is 186 Å². The Morgan fingerprint density at radius 1 is 1.12 bits per heavy atom. The van der Waals surface area contributed by atoms with Crippen LogP contribution in [0.5, 0.6) is 0 Å². The van der Waals surface area contributed by atoms with E-state index in [1.165, 1.54) is 29.2 Å². The molecule has 1 spiro atoms. The highest BCUT2D eigenvalue weighted by atomic mass is 19.4. The Morgan fingerprint density at radius 2 is 1.79 bits per heavy atom. The van der Waals surface area contributed by atoms with Gasteiger partial charge in [-0.05, 0) is 54.7 Å². The average Bonchev–Trinajstić information content (AvgIpc) is 2.75. The van der Waals surface area contributed by atoms with Gasteiger partial charge in [0, 0.05) is 13.2 Å². The second-order valence-electron chi connectivity index (χ2n) is 8.33. The zero-order chi connectivity index (χ0) is 24.0. The largest absolute Gasteiger partial charge is 0.416 e. The molecule has 1 heterocycles. The summed E-state index contributed by atoms with van der Waals surface area (Å²) in [6, 6.07) is 9.71. The molecular weight excluding hydrogens is 442 g/mol. The molecule has 1 aliphatic carbocycles. The Hall–Kier alpha value is -3.45. The van der Waals surface area contributed by atoms with Gasteiger partial charge >= 0.3 is 6.18 Å². The standard InChI is InChI=1S/C23H19F4N3O3/c24-18-7-15(10-28)3-6-19(18)29-12-20(32)30(22(21(29)33)8-16(9-22)13-31)11-14-1-4-17(5-2-14)23(25,26)27/h1-7,16,31H,8-9,11-13H2/t16-,22-. The predicted octanol–water partition coefficient (Wildman–Crippen LogP) is 3.23. The van der Waals surface area contributed by atoms with Crippen LogP contribution in [0.1, 0.15) is 29.5 Å². The summed E-state index contributed by atoms with van der Waals surface area (Å²) >= 11 is 0. The summed E-state index contributed by atoms with van der Waals surface area (Å²) in [6.45, 7) is -0.735. The molecule has 0 unspecified atom stereocenters. The van der Waals surface area contributed by atoms with Crippen LogP contribution < -0.4 is 4.90 Å². The van der Waals surface area contributed by atoms with Crippen LogP contribution in [0.3, 0.4) is 0 Å². The molecule has 10 heteroatoms.